The van der Waals surface area contributed by atoms with Gasteiger partial charge in [-0.2, -0.15) is 5.10 Å². The number of halogens is 1. The van der Waals surface area contributed by atoms with E-state index in [4.69, 9.17) is 0 Å². The Bertz CT molecular complexity index is 978. The minimum Gasteiger partial charge on any atom is -0.341 e. The van der Waals surface area contributed by atoms with Crippen molar-refractivity contribution < 1.29 is 9.18 Å². The molecule has 1 aromatic heterocycles. The van der Waals surface area contributed by atoms with Crippen molar-refractivity contribution in [3.8, 4) is 5.69 Å². The molecule has 1 aliphatic heterocycles. The van der Waals surface area contributed by atoms with Crippen LogP contribution in [0, 0.1) is 11.7 Å². The smallest absolute Gasteiger partial charge is 0.256 e. The number of para-hydroxylation sites is 1. The molecule has 0 saturated carbocycles. The molecule has 1 saturated heterocycles. The van der Waals surface area contributed by atoms with E-state index in [0.717, 1.165) is 51.1 Å². The number of hydrogen-bond acceptors (Lipinski definition) is 3. The zero-order valence-electron chi connectivity index (χ0n) is 18.0. The molecule has 3 aromatic rings. The van der Waals surface area contributed by atoms with E-state index >= 15 is 0 Å². The van der Waals surface area contributed by atoms with E-state index in [2.05, 4.69) is 10.00 Å². The van der Waals surface area contributed by atoms with Crippen LogP contribution >= 0.6 is 0 Å². The number of carbonyl (C=O) groups excluding carboxylic acids is 1. The lowest BCUT2D eigenvalue weighted by molar-refractivity contribution is 0.0740. The molecule has 0 bridgehead atoms. The number of hydrogen-bond donors (Lipinski definition) is 0. The topological polar surface area (TPSA) is 41.4 Å². The van der Waals surface area contributed by atoms with Gasteiger partial charge in [0.25, 0.3) is 5.91 Å². The summed E-state index contributed by atoms with van der Waals surface area (Å²) in [6.07, 6.45) is 6.56. The number of piperidine rings is 1. The highest BCUT2D eigenvalue weighted by Crippen LogP contribution is 2.19. The lowest BCUT2D eigenvalue weighted by Gasteiger charge is -2.33. The number of nitrogens with zero attached hydrogens (tertiary/aromatic N) is 4. The first kappa shape index (κ1) is 21.2. The summed E-state index contributed by atoms with van der Waals surface area (Å²) in [5.74, 6) is 0.344. The molecule has 162 valence electrons. The maximum absolute atomic E-state index is 13.0. The molecule has 0 N–H and O–H groups in total. The van der Waals surface area contributed by atoms with Gasteiger partial charge in [0, 0.05) is 26.3 Å². The zero-order chi connectivity index (χ0) is 21.6. The van der Waals surface area contributed by atoms with Gasteiger partial charge in [-0.25, -0.2) is 9.07 Å². The van der Waals surface area contributed by atoms with Crippen molar-refractivity contribution in [2.45, 2.75) is 19.3 Å². The first-order valence-electron chi connectivity index (χ1n) is 10.9. The van der Waals surface area contributed by atoms with Crippen molar-refractivity contribution in [1.82, 2.24) is 19.6 Å². The van der Waals surface area contributed by atoms with Crippen LogP contribution in [0.15, 0.2) is 67.0 Å². The molecule has 0 spiro atoms. The van der Waals surface area contributed by atoms with Crippen LogP contribution in [0.3, 0.4) is 0 Å². The van der Waals surface area contributed by atoms with Gasteiger partial charge in [0.1, 0.15) is 5.82 Å². The molecule has 0 radical (unpaired) electrons. The molecule has 2 heterocycles. The van der Waals surface area contributed by atoms with Crippen LogP contribution in [-0.2, 0) is 6.42 Å². The van der Waals surface area contributed by atoms with Crippen LogP contribution < -0.4 is 0 Å². The molecule has 0 aliphatic carbocycles. The summed E-state index contributed by atoms with van der Waals surface area (Å²) in [5, 5.41) is 4.34. The maximum atomic E-state index is 13.0. The van der Waals surface area contributed by atoms with E-state index in [0.29, 0.717) is 11.5 Å². The fraction of sp³-hybridized carbons (Fsp3) is 0.360. The van der Waals surface area contributed by atoms with Gasteiger partial charge in [-0.05, 0) is 68.1 Å². The summed E-state index contributed by atoms with van der Waals surface area (Å²) >= 11 is 0. The lowest BCUT2D eigenvalue weighted by Crippen LogP contribution is -2.40. The fourth-order valence-electron chi connectivity index (χ4n) is 4.18. The van der Waals surface area contributed by atoms with Gasteiger partial charge < -0.3 is 9.80 Å². The van der Waals surface area contributed by atoms with E-state index < -0.39 is 0 Å². The SMILES string of the molecule is CN(CC1CCN(CCc2ccc(F)cc2)CC1)C(=O)c1cnn(-c2ccccc2)c1. The molecule has 2 aromatic carbocycles. The van der Waals surface area contributed by atoms with E-state index in [9.17, 15) is 9.18 Å². The van der Waals surface area contributed by atoms with Gasteiger partial charge in [0.15, 0.2) is 0 Å². The normalized spacial score (nSPS) is 15.2. The van der Waals surface area contributed by atoms with Crippen molar-refractivity contribution in [3.63, 3.8) is 0 Å². The van der Waals surface area contributed by atoms with Crippen molar-refractivity contribution >= 4 is 5.91 Å². The molecule has 6 heteroatoms. The Morgan fingerprint density at radius 2 is 1.81 bits per heavy atom. The Morgan fingerprint density at radius 3 is 2.52 bits per heavy atom. The minimum atomic E-state index is -0.185. The molecule has 1 aliphatic rings. The van der Waals surface area contributed by atoms with Crippen LogP contribution in [-0.4, -0.2) is 58.7 Å². The molecule has 0 unspecified atom stereocenters. The highest BCUT2D eigenvalue weighted by Gasteiger charge is 2.23. The summed E-state index contributed by atoms with van der Waals surface area (Å²) in [6, 6.07) is 16.6. The number of aromatic nitrogens is 2. The lowest BCUT2D eigenvalue weighted by atomic mass is 9.96. The molecule has 1 amide bonds. The van der Waals surface area contributed by atoms with Gasteiger partial charge >= 0.3 is 0 Å². The summed E-state index contributed by atoms with van der Waals surface area (Å²) < 4.78 is 14.8. The number of carbonyl (C=O) groups is 1. The van der Waals surface area contributed by atoms with Crippen molar-refractivity contribution in [2.75, 3.05) is 33.2 Å². The molecule has 4 rings (SSSR count). The van der Waals surface area contributed by atoms with Crippen molar-refractivity contribution in [2.24, 2.45) is 5.92 Å². The summed E-state index contributed by atoms with van der Waals surface area (Å²) in [7, 11) is 1.88. The van der Waals surface area contributed by atoms with Crippen LogP contribution in [0.1, 0.15) is 28.8 Å². The minimum absolute atomic E-state index is 0.0147. The second-order valence-electron chi connectivity index (χ2n) is 8.36. The van der Waals surface area contributed by atoms with E-state index in [1.165, 1.54) is 17.7 Å². The van der Waals surface area contributed by atoms with Crippen LogP contribution in [0.25, 0.3) is 5.69 Å². The van der Waals surface area contributed by atoms with Gasteiger partial charge in [-0.3, -0.25) is 4.79 Å². The molecule has 1 fully saturated rings. The average molecular weight is 421 g/mol. The van der Waals surface area contributed by atoms with Gasteiger partial charge in [-0.15, -0.1) is 0 Å². The Kier molecular flexibility index (Phi) is 6.77. The molecule has 31 heavy (non-hydrogen) atoms. The second-order valence-corrected chi connectivity index (χ2v) is 8.36. The number of benzene rings is 2. The monoisotopic (exact) mass is 420 g/mol. The van der Waals surface area contributed by atoms with Gasteiger partial charge in [0.05, 0.1) is 17.4 Å². The largest absolute Gasteiger partial charge is 0.341 e. The summed E-state index contributed by atoms with van der Waals surface area (Å²) in [5.41, 5.74) is 2.73. The predicted octanol–water partition coefficient (Wildman–Crippen LogP) is 4.04. The second kappa shape index (κ2) is 9.88. The third-order valence-corrected chi connectivity index (χ3v) is 6.07. The van der Waals surface area contributed by atoms with Crippen LogP contribution in [0.4, 0.5) is 4.39 Å². The number of rotatable bonds is 7. The third-order valence-electron chi connectivity index (χ3n) is 6.07. The molecule has 5 nitrogen and oxygen atoms in total. The molecule has 0 atom stereocenters. The van der Waals surface area contributed by atoms with Gasteiger partial charge in [0.2, 0.25) is 0 Å². The van der Waals surface area contributed by atoms with Crippen molar-refractivity contribution in [1.29, 1.82) is 0 Å². The van der Waals surface area contributed by atoms with E-state index in [1.807, 2.05) is 54.4 Å². The summed E-state index contributed by atoms with van der Waals surface area (Å²) in [4.78, 5) is 17.1. The Hall–Kier alpha value is -2.99. The van der Waals surface area contributed by atoms with E-state index in [-0.39, 0.29) is 11.7 Å². The predicted molar refractivity (Wildman–Crippen MR) is 120 cm³/mol. The maximum Gasteiger partial charge on any atom is 0.256 e. The van der Waals surface area contributed by atoms with Crippen LogP contribution in [0.2, 0.25) is 0 Å². The molecular weight excluding hydrogens is 391 g/mol. The molecular formula is C25H29FN4O. The number of likely N-dealkylation sites (tertiary alicyclic amines) is 1. The standard InChI is InChI=1S/C25H29FN4O/c1-28(25(31)22-17-27-30(19-22)24-5-3-2-4-6-24)18-21-12-15-29(16-13-21)14-11-20-7-9-23(26)10-8-20/h2-10,17,19,21H,11-16,18H2,1H3. The Labute approximate surface area is 183 Å². The summed E-state index contributed by atoms with van der Waals surface area (Å²) in [6.45, 7) is 3.84. The highest BCUT2D eigenvalue weighted by atomic mass is 19.1. The highest BCUT2D eigenvalue weighted by molar-refractivity contribution is 5.93. The average Bonchev–Trinajstić information content (AvgIpc) is 3.30. The fourth-order valence-corrected chi connectivity index (χ4v) is 4.18. The van der Waals surface area contributed by atoms with Gasteiger partial charge in [-0.1, -0.05) is 30.3 Å². The van der Waals surface area contributed by atoms with Crippen molar-refractivity contribution in [3.05, 3.63) is 83.9 Å². The van der Waals surface area contributed by atoms with Crippen LogP contribution in [0.5, 0.6) is 0 Å². The zero-order valence-corrected chi connectivity index (χ0v) is 18.0. The Balaban J connectivity index is 1.23. The van der Waals surface area contributed by atoms with E-state index in [1.54, 1.807) is 17.1 Å². The quantitative estimate of drug-likeness (QED) is 0.579. The first-order chi connectivity index (χ1) is 15.1. The number of amides is 1. The first-order valence-corrected chi connectivity index (χ1v) is 10.9. The Morgan fingerprint density at radius 1 is 1.10 bits per heavy atom. The third kappa shape index (κ3) is 5.58.